The predicted molar refractivity (Wildman–Crippen MR) is 95.8 cm³/mol. The Morgan fingerprint density at radius 1 is 1.41 bits per heavy atom. The lowest BCUT2D eigenvalue weighted by Crippen LogP contribution is -3.15. The summed E-state index contributed by atoms with van der Waals surface area (Å²) in [5.74, 6) is 0.717. The van der Waals surface area contributed by atoms with Crippen molar-refractivity contribution in [3.63, 3.8) is 0 Å². The Kier molecular flexibility index (Phi) is 6.89. The highest BCUT2D eigenvalue weighted by Gasteiger charge is 2.24. The smallest absolute Gasteiger partial charge is 0.170 e. The molecular formula is C16H25ClN3OS+. The minimum Gasteiger partial charge on any atom is -0.365 e. The summed E-state index contributed by atoms with van der Waals surface area (Å²) in [5.41, 5.74) is 0.929. The van der Waals surface area contributed by atoms with E-state index < -0.39 is 0 Å². The number of thiocarbonyl (C=S) groups is 1. The first kappa shape index (κ1) is 17.5. The van der Waals surface area contributed by atoms with Crippen LogP contribution in [0.3, 0.4) is 0 Å². The van der Waals surface area contributed by atoms with E-state index in [1.807, 2.05) is 24.3 Å². The lowest BCUT2D eigenvalue weighted by atomic mass is 10.2. The van der Waals surface area contributed by atoms with Crippen molar-refractivity contribution in [2.75, 3.05) is 38.1 Å². The van der Waals surface area contributed by atoms with Gasteiger partial charge in [-0.1, -0.05) is 25.4 Å². The molecule has 0 radical (unpaired) electrons. The summed E-state index contributed by atoms with van der Waals surface area (Å²) in [6.45, 7) is 9.43. The van der Waals surface area contributed by atoms with Gasteiger partial charge in [0.25, 0.3) is 0 Å². The zero-order valence-electron chi connectivity index (χ0n) is 13.2. The van der Waals surface area contributed by atoms with Gasteiger partial charge < -0.3 is 20.3 Å². The number of hydrogen-bond donors (Lipinski definition) is 3. The van der Waals surface area contributed by atoms with E-state index in [1.54, 1.807) is 4.90 Å². The molecule has 0 spiro atoms. The number of anilines is 1. The molecule has 0 saturated carbocycles. The lowest BCUT2D eigenvalue weighted by Gasteiger charge is -2.31. The molecule has 22 heavy (non-hydrogen) atoms. The highest BCUT2D eigenvalue weighted by Crippen LogP contribution is 2.13. The number of quaternary nitrogens is 1. The standard InChI is InChI=1S/C16H24ClN3OS/c1-12(2)10-20-7-8-21-15(11-20)9-18-16(22)19-14-5-3-13(17)4-6-14/h3-6,12,15H,7-11H2,1-2H3,(H2,18,19,22)/p+1/t15-/m0/s1. The van der Waals surface area contributed by atoms with Crippen LogP contribution in [-0.4, -0.2) is 44.0 Å². The molecular weight excluding hydrogens is 318 g/mol. The second kappa shape index (κ2) is 8.67. The summed E-state index contributed by atoms with van der Waals surface area (Å²) < 4.78 is 5.82. The van der Waals surface area contributed by atoms with Crippen LogP contribution < -0.4 is 15.5 Å². The van der Waals surface area contributed by atoms with Crippen molar-refractivity contribution in [1.29, 1.82) is 0 Å². The molecule has 1 unspecified atom stereocenters. The Labute approximate surface area is 143 Å². The van der Waals surface area contributed by atoms with E-state index in [4.69, 9.17) is 28.6 Å². The zero-order chi connectivity index (χ0) is 15.9. The van der Waals surface area contributed by atoms with Crippen molar-refractivity contribution in [3.8, 4) is 0 Å². The summed E-state index contributed by atoms with van der Waals surface area (Å²) in [5, 5.41) is 7.72. The maximum atomic E-state index is 5.87. The molecule has 3 N–H and O–H groups in total. The molecule has 0 amide bonds. The molecule has 0 aliphatic carbocycles. The second-order valence-electron chi connectivity index (χ2n) is 6.14. The highest BCUT2D eigenvalue weighted by molar-refractivity contribution is 7.80. The van der Waals surface area contributed by atoms with E-state index >= 15 is 0 Å². The molecule has 4 nitrogen and oxygen atoms in total. The van der Waals surface area contributed by atoms with E-state index in [2.05, 4.69) is 24.5 Å². The average molecular weight is 343 g/mol. The Hall–Kier alpha value is -0.880. The number of hydrogen-bond acceptors (Lipinski definition) is 2. The van der Waals surface area contributed by atoms with E-state index in [0.29, 0.717) is 16.1 Å². The van der Waals surface area contributed by atoms with E-state index in [0.717, 1.165) is 31.9 Å². The fraction of sp³-hybridized carbons (Fsp3) is 0.562. The fourth-order valence-corrected chi connectivity index (χ4v) is 2.99. The van der Waals surface area contributed by atoms with Gasteiger partial charge in [0.1, 0.15) is 19.2 Å². The summed E-state index contributed by atoms with van der Waals surface area (Å²) >= 11 is 11.2. The van der Waals surface area contributed by atoms with Gasteiger partial charge in [-0.25, -0.2) is 0 Å². The summed E-state index contributed by atoms with van der Waals surface area (Å²) in [4.78, 5) is 1.62. The van der Waals surface area contributed by atoms with E-state index in [-0.39, 0.29) is 6.10 Å². The molecule has 1 saturated heterocycles. The van der Waals surface area contributed by atoms with Gasteiger partial charge in [-0.2, -0.15) is 0 Å². The van der Waals surface area contributed by atoms with Gasteiger partial charge in [-0.3, -0.25) is 0 Å². The van der Waals surface area contributed by atoms with Crippen molar-refractivity contribution in [2.45, 2.75) is 20.0 Å². The highest BCUT2D eigenvalue weighted by atomic mass is 35.5. The Morgan fingerprint density at radius 3 is 2.82 bits per heavy atom. The number of benzene rings is 1. The maximum Gasteiger partial charge on any atom is 0.170 e. The lowest BCUT2D eigenvalue weighted by molar-refractivity contribution is -0.914. The first-order chi connectivity index (χ1) is 10.5. The fourth-order valence-electron chi connectivity index (χ4n) is 2.66. The molecule has 1 aliphatic heterocycles. The van der Waals surface area contributed by atoms with Gasteiger partial charge in [0, 0.05) is 23.2 Å². The number of morpholine rings is 1. The van der Waals surface area contributed by atoms with Crippen LogP contribution in [0.5, 0.6) is 0 Å². The monoisotopic (exact) mass is 342 g/mol. The van der Waals surface area contributed by atoms with Crippen molar-refractivity contribution < 1.29 is 9.64 Å². The number of nitrogens with one attached hydrogen (secondary N) is 3. The summed E-state index contributed by atoms with van der Waals surface area (Å²) in [7, 11) is 0. The van der Waals surface area contributed by atoms with Crippen LogP contribution in [0, 0.1) is 5.92 Å². The maximum absolute atomic E-state index is 5.87. The van der Waals surface area contributed by atoms with Gasteiger partial charge in [0.2, 0.25) is 0 Å². The second-order valence-corrected chi connectivity index (χ2v) is 6.98. The predicted octanol–water partition coefficient (Wildman–Crippen LogP) is 1.57. The van der Waals surface area contributed by atoms with Gasteiger partial charge in [0.05, 0.1) is 13.2 Å². The third kappa shape index (κ3) is 6.08. The Balaban J connectivity index is 1.72. The number of rotatable bonds is 5. The molecule has 1 fully saturated rings. The van der Waals surface area contributed by atoms with Crippen molar-refractivity contribution >= 4 is 34.6 Å². The largest absolute Gasteiger partial charge is 0.365 e. The Morgan fingerprint density at radius 2 is 2.14 bits per heavy atom. The van der Waals surface area contributed by atoms with Gasteiger partial charge in [-0.05, 0) is 36.5 Å². The minimum absolute atomic E-state index is 0.215. The number of ether oxygens (including phenoxy) is 1. The minimum atomic E-state index is 0.215. The molecule has 1 aromatic carbocycles. The van der Waals surface area contributed by atoms with Crippen LogP contribution in [0.4, 0.5) is 5.69 Å². The van der Waals surface area contributed by atoms with Crippen molar-refractivity contribution in [1.82, 2.24) is 5.32 Å². The summed E-state index contributed by atoms with van der Waals surface area (Å²) in [6, 6.07) is 7.48. The van der Waals surface area contributed by atoms with Crippen LogP contribution in [-0.2, 0) is 4.74 Å². The molecule has 1 aromatic rings. The van der Waals surface area contributed by atoms with Crippen molar-refractivity contribution in [2.24, 2.45) is 5.92 Å². The van der Waals surface area contributed by atoms with Crippen LogP contribution in [0.25, 0.3) is 0 Å². The zero-order valence-corrected chi connectivity index (χ0v) is 14.8. The van der Waals surface area contributed by atoms with Crippen LogP contribution in [0.2, 0.25) is 5.02 Å². The van der Waals surface area contributed by atoms with Gasteiger partial charge in [-0.15, -0.1) is 0 Å². The molecule has 6 heteroatoms. The SMILES string of the molecule is CC(C)C[NH+]1CCO[C@@H](CNC(=S)Nc2ccc(Cl)cc2)C1. The normalized spacial score (nSPS) is 21.6. The molecule has 0 bridgehead atoms. The molecule has 2 rings (SSSR count). The average Bonchev–Trinajstić information content (AvgIpc) is 2.47. The van der Waals surface area contributed by atoms with Crippen LogP contribution >= 0.6 is 23.8 Å². The van der Waals surface area contributed by atoms with E-state index in [1.165, 1.54) is 6.54 Å². The third-order valence-electron chi connectivity index (χ3n) is 3.61. The van der Waals surface area contributed by atoms with Crippen LogP contribution in [0.15, 0.2) is 24.3 Å². The Bertz CT molecular complexity index is 481. The number of halogens is 1. The molecule has 1 heterocycles. The molecule has 2 atom stereocenters. The molecule has 1 aliphatic rings. The molecule has 0 aromatic heterocycles. The molecule has 122 valence electrons. The third-order valence-corrected chi connectivity index (χ3v) is 4.11. The quantitative estimate of drug-likeness (QED) is 0.710. The van der Waals surface area contributed by atoms with Crippen molar-refractivity contribution in [3.05, 3.63) is 29.3 Å². The van der Waals surface area contributed by atoms with E-state index in [9.17, 15) is 0 Å². The summed E-state index contributed by atoms with van der Waals surface area (Å²) in [6.07, 6.45) is 0.215. The topological polar surface area (TPSA) is 37.7 Å². The van der Waals surface area contributed by atoms with Gasteiger partial charge in [0.15, 0.2) is 5.11 Å². The first-order valence-electron chi connectivity index (χ1n) is 7.78. The van der Waals surface area contributed by atoms with Gasteiger partial charge >= 0.3 is 0 Å². The first-order valence-corrected chi connectivity index (χ1v) is 8.57. The van der Waals surface area contributed by atoms with Crippen LogP contribution in [0.1, 0.15) is 13.8 Å².